The third kappa shape index (κ3) is 2.55. The van der Waals surface area contributed by atoms with Crippen molar-refractivity contribution in [2.75, 3.05) is 7.11 Å². The molecule has 92 valence electrons. The molecule has 0 aromatic heterocycles. The molecule has 5 heteroatoms. The molecule has 0 aliphatic carbocycles. The van der Waals surface area contributed by atoms with Crippen LogP contribution in [-0.4, -0.2) is 24.2 Å². The quantitative estimate of drug-likeness (QED) is 0.627. The van der Waals surface area contributed by atoms with E-state index in [1.165, 1.54) is 20.1 Å². The Morgan fingerprint density at radius 1 is 1.29 bits per heavy atom. The molecule has 0 radical (unpaired) electrons. The number of esters is 2. The van der Waals surface area contributed by atoms with Crippen LogP contribution < -0.4 is 4.74 Å². The van der Waals surface area contributed by atoms with E-state index in [2.05, 4.69) is 4.74 Å². The first-order chi connectivity index (χ1) is 7.88. The Morgan fingerprint density at radius 2 is 1.88 bits per heavy atom. The molecule has 0 aliphatic heterocycles. The van der Waals surface area contributed by atoms with Gasteiger partial charge in [-0.1, -0.05) is 0 Å². The van der Waals surface area contributed by atoms with Crippen molar-refractivity contribution in [1.29, 1.82) is 0 Å². The van der Waals surface area contributed by atoms with Crippen LogP contribution in [0.4, 0.5) is 0 Å². The predicted molar refractivity (Wildman–Crippen MR) is 60.2 cm³/mol. The smallest absolute Gasteiger partial charge is 0.342 e. The second kappa shape index (κ2) is 4.86. The molecule has 0 atom stereocenters. The van der Waals surface area contributed by atoms with Crippen LogP contribution in [0.1, 0.15) is 28.4 Å². The molecular formula is C12H14O5. The molecule has 0 aliphatic rings. The fourth-order valence-corrected chi connectivity index (χ4v) is 1.60. The van der Waals surface area contributed by atoms with Crippen molar-refractivity contribution < 1.29 is 24.2 Å². The van der Waals surface area contributed by atoms with Crippen molar-refractivity contribution in [3.05, 3.63) is 22.8 Å². The Morgan fingerprint density at radius 3 is 2.35 bits per heavy atom. The van der Waals surface area contributed by atoms with Crippen molar-refractivity contribution in [1.82, 2.24) is 0 Å². The summed E-state index contributed by atoms with van der Waals surface area (Å²) >= 11 is 0. The van der Waals surface area contributed by atoms with Gasteiger partial charge in [-0.3, -0.25) is 4.79 Å². The lowest BCUT2D eigenvalue weighted by Crippen LogP contribution is -2.10. The van der Waals surface area contributed by atoms with E-state index in [1.807, 2.05) is 0 Å². The Hall–Kier alpha value is -2.04. The molecule has 17 heavy (non-hydrogen) atoms. The Labute approximate surface area is 99.0 Å². The van der Waals surface area contributed by atoms with Gasteiger partial charge in [0.05, 0.1) is 7.11 Å². The topological polar surface area (TPSA) is 72.8 Å². The van der Waals surface area contributed by atoms with E-state index < -0.39 is 11.9 Å². The second-order valence-corrected chi connectivity index (χ2v) is 3.63. The normalized spacial score (nSPS) is 9.88. The van der Waals surface area contributed by atoms with Gasteiger partial charge in [0.1, 0.15) is 17.1 Å². The molecule has 0 unspecified atom stereocenters. The lowest BCUT2D eigenvalue weighted by Gasteiger charge is -2.13. The van der Waals surface area contributed by atoms with E-state index in [0.29, 0.717) is 11.1 Å². The first kappa shape index (κ1) is 13.0. The summed E-state index contributed by atoms with van der Waals surface area (Å²) < 4.78 is 9.57. The maximum absolute atomic E-state index is 11.5. The van der Waals surface area contributed by atoms with Crippen molar-refractivity contribution in [3.63, 3.8) is 0 Å². The van der Waals surface area contributed by atoms with Gasteiger partial charge in [0.15, 0.2) is 0 Å². The zero-order valence-electron chi connectivity index (χ0n) is 10.2. The predicted octanol–water partition coefficient (Wildman–Crippen LogP) is 1.72. The van der Waals surface area contributed by atoms with Crippen molar-refractivity contribution >= 4 is 11.9 Å². The molecular weight excluding hydrogens is 224 g/mol. The molecule has 1 aromatic carbocycles. The van der Waals surface area contributed by atoms with Crippen molar-refractivity contribution in [2.45, 2.75) is 20.8 Å². The molecule has 0 amide bonds. The number of aromatic hydroxyl groups is 1. The maximum atomic E-state index is 11.5. The van der Waals surface area contributed by atoms with E-state index in [9.17, 15) is 14.7 Å². The largest absolute Gasteiger partial charge is 0.507 e. The monoisotopic (exact) mass is 238 g/mol. The van der Waals surface area contributed by atoms with Crippen LogP contribution in [-0.2, 0) is 9.53 Å². The minimum absolute atomic E-state index is 0.00866. The van der Waals surface area contributed by atoms with Crippen LogP contribution in [0, 0.1) is 13.8 Å². The summed E-state index contributed by atoms with van der Waals surface area (Å²) in [5.41, 5.74) is 0.960. The number of benzene rings is 1. The number of ether oxygens (including phenoxy) is 2. The van der Waals surface area contributed by atoms with Gasteiger partial charge < -0.3 is 14.6 Å². The Kier molecular flexibility index (Phi) is 3.73. The van der Waals surface area contributed by atoms with Crippen LogP contribution >= 0.6 is 0 Å². The lowest BCUT2D eigenvalue weighted by atomic mass is 10.0. The van der Waals surface area contributed by atoms with Crippen LogP contribution in [0.25, 0.3) is 0 Å². The van der Waals surface area contributed by atoms with Gasteiger partial charge in [-0.2, -0.15) is 0 Å². The average Bonchev–Trinajstić information content (AvgIpc) is 2.23. The fraction of sp³-hybridized carbons (Fsp3) is 0.333. The molecule has 1 aromatic rings. The maximum Gasteiger partial charge on any atom is 0.342 e. The number of phenolic OH excluding ortho intramolecular Hbond substituents is 1. The number of carbonyl (C=O) groups is 2. The number of carbonyl (C=O) groups excluding carboxylic acids is 2. The van der Waals surface area contributed by atoms with Gasteiger partial charge in [0, 0.05) is 12.5 Å². The van der Waals surface area contributed by atoms with Gasteiger partial charge in [-0.15, -0.1) is 0 Å². The molecule has 0 heterocycles. The average molecular weight is 238 g/mol. The number of phenols is 1. The number of methoxy groups -OCH3 is 1. The van der Waals surface area contributed by atoms with Crippen LogP contribution in [0.3, 0.4) is 0 Å². The summed E-state index contributed by atoms with van der Waals surface area (Å²) in [5, 5.41) is 9.69. The number of hydrogen-bond acceptors (Lipinski definition) is 5. The highest BCUT2D eigenvalue weighted by molar-refractivity contribution is 5.95. The summed E-state index contributed by atoms with van der Waals surface area (Å²) in [5.74, 6) is -1.08. The van der Waals surface area contributed by atoms with E-state index in [1.54, 1.807) is 13.8 Å². The van der Waals surface area contributed by atoms with E-state index in [-0.39, 0.29) is 17.1 Å². The first-order valence-corrected chi connectivity index (χ1v) is 4.98. The van der Waals surface area contributed by atoms with Gasteiger partial charge in [-0.25, -0.2) is 4.79 Å². The molecule has 0 bridgehead atoms. The van der Waals surface area contributed by atoms with E-state index in [4.69, 9.17) is 4.74 Å². The van der Waals surface area contributed by atoms with Crippen molar-refractivity contribution in [3.8, 4) is 11.5 Å². The highest BCUT2D eigenvalue weighted by Crippen LogP contribution is 2.33. The van der Waals surface area contributed by atoms with Crippen LogP contribution in [0.5, 0.6) is 11.5 Å². The Balaban J connectivity index is 3.42. The minimum Gasteiger partial charge on any atom is -0.507 e. The number of hydrogen-bond donors (Lipinski definition) is 1. The van der Waals surface area contributed by atoms with Gasteiger partial charge in [0.25, 0.3) is 0 Å². The van der Waals surface area contributed by atoms with E-state index >= 15 is 0 Å². The number of rotatable bonds is 2. The molecule has 1 N–H and O–H groups in total. The highest BCUT2D eigenvalue weighted by atomic mass is 16.5. The fourth-order valence-electron chi connectivity index (χ4n) is 1.60. The summed E-state index contributed by atoms with van der Waals surface area (Å²) in [6.45, 7) is 4.52. The lowest BCUT2D eigenvalue weighted by molar-refractivity contribution is -0.132. The van der Waals surface area contributed by atoms with E-state index in [0.717, 1.165) is 0 Å². The molecule has 0 spiro atoms. The zero-order chi connectivity index (χ0) is 13.2. The van der Waals surface area contributed by atoms with Crippen molar-refractivity contribution in [2.24, 2.45) is 0 Å². The minimum atomic E-state index is -0.673. The van der Waals surface area contributed by atoms with Gasteiger partial charge in [0.2, 0.25) is 0 Å². The third-order valence-corrected chi connectivity index (χ3v) is 2.32. The summed E-state index contributed by atoms with van der Waals surface area (Å²) in [6.07, 6.45) is 0. The van der Waals surface area contributed by atoms with Gasteiger partial charge >= 0.3 is 11.9 Å². The van der Waals surface area contributed by atoms with Crippen LogP contribution in [0.15, 0.2) is 6.07 Å². The third-order valence-electron chi connectivity index (χ3n) is 2.32. The standard InChI is InChI=1S/C12H14O5/c1-6-5-9(14)10(12(15)16-4)7(2)11(6)17-8(3)13/h5,14H,1-4H3. The summed E-state index contributed by atoms with van der Waals surface area (Å²) in [7, 11) is 1.21. The molecule has 1 rings (SSSR count). The van der Waals surface area contributed by atoms with Crippen LogP contribution in [0.2, 0.25) is 0 Å². The highest BCUT2D eigenvalue weighted by Gasteiger charge is 2.21. The SMILES string of the molecule is COC(=O)c1c(O)cc(C)c(OC(C)=O)c1C. The second-order valence-electron chi connectivity index (χ2n) is 3.63. The molecule has 0 fully saturated rings. The zero-order valence-corrected chi connectivity index (χ0v) is 10.2. The molecule has 0 saturated heterocycles. The molecule has 0 saturated carbocycles. The number of aryl methyl sites for hydroxylation is 1. The Bertz CT molecular complexity index is 476. The first-order valence-electron chi connectivity index (χ1n) is 4.98. The molecule has 5 nitrogen and oxygen atoms in total. The van der Waals surface area contributed by atoms with Gasteiger partial charge in [-0.05, 0) is 25.5 Å². The summed E-state index contributed by atoms with van der Waals surface area (Å²) in [6, 6.07) is 1.36. The summed E-state index contributed by atoms with van der Waals surface area (Å²) in [4.78, 5) is 22.4.